The summed E-state index contributed by atoms with van der Waals surface area (Å²) in [6, 6.07) is 3.39. The molecule has 5 aliphatic carbocycles. The van der Waals surface area contributed by atoms with Crippen LogP contribution in [0.3, 0.4) is 0 Å². The Labute approximate surface area is 313 Å². The number of carbonyl (C=O) groups is 2. The van der Waals surface area contributed by atoms with Gasteiger partial charge in [0.1, 0.15) is 11.6 Å². The number of fused-ring (bicyclic) bond motifs is 4. The van der Waals surface area contributed by atoms with Gasteiger partial charge in [-0.15, -0.1) is 0 Å². The van der Waals surface area contributed by atoms with Crippen LogP contribution >= 0.6 is 0 Å². The summed E-state index contributed by atoms with van der Waals surface area (Å²) in [4.78, 5) is 28.0. The number of benzene rings is 1. The molecule has 8 rings (SSSR count). The SMILES string of the molecule is CC(=O)N(Cc1cc(F)cc(F)c1)CC1CC(C)C2C(O1)C(O)C1(C)C3CCC4C(C)(C)C(OC5CN(CC(N)=O)CCO5)CCC45CC35CCC21C. The van der Waals surface area contributed by atoms with Crippen LogP contribution in [0.2, 0.25) is 0 Å². The van der Waals surface area contributed by atoms with Crippen LogP contribution in [0.4, 0.5) is 8.78 Å². The Morgan fingerprint density at radius 2 is 1.74 bits per heavy atom. The normalized spacial score (nSPS) is 45.6. The van der Waals surface area contributed by atoms with Gasteiger partial charge in [0, 0.05) is 38.0 Å². The summed E-state index contributed by atoms with van der Waals surface area (Å²) in [5, 5.41) is 12.6. The molecule has 13 unspecified atom stereocenters. The van der Waals surface area contributed by atoms with E-state index >= 15 is 0 Å². The van der Waals surface area contributed by atoms with E-state index in [9.17, 15) is 23.5 Å². The van der Waals surface area contributed by atoms with Gasteiger partial charge in [0.2, 0.25) is 11.8 Å². The maximum absolute atomic E-state index is 14.0. The zero-order chi connectivity index (χ0) is 37.9. The monoisotopic (exact) mass is 741 g/mol. The Hall–Kier alpha value is -2.18. The number of halogens is 2. The Kier molecular flexibility index (Phi) is 9.21. The fourth-order valence-electron chi connectivity index (χ4n) is 14.5. The number of morpholine rings is 1. The lowest BCUT2D eigenvalue weighted by molar-refractivity contribution is -0.248. The molecule has 7 fully saturated rings. The van der Waals surface area contributed by atoms with Crippen molar-refractivity contribution in [1.29, 1.82) is 0 Å². The number of ether oxygens (including phenoxy) is 3. The third-order valence-electron chi connectivity index (χ3n) is 16.8. The third-order valence-corrected chi connectivity index (χ3v) is 16.8. The predicted octanol–water partition coefficient (Wildman–Crippen LogP) is 5.66. The van der Waals surface area contributed by atoms with Crippen molar-refractivity contribution < 1.29 is 37.7 Å². The van der Waals surface area contributed by atoms with E-state index in [1.54, 1.807) is 4.90 Å². The summed E-state index contributed by atoms with van der Waals surface area (Å²) in [5.41, 5.74) is 5.90. The van der Waals surface area contributed by atoms with E-state index in [0.717, 1.165) is 44.6 Å². The molecule has 1 aromatic rings. The third kappa shape index (κ3) is 5.66. The van der Waals surface area contributed by atoms with Gasteiger partial charge in [0.15, 0.2) is 6.29 Å². The Morgan fingerprint density at radius 1 is 1.04 bits per heavy atom. The van der Waals surface area contributed by atoms with Crippen molar-refractivity contribution in [2.45, 2.75) is 130 Å². The number of rotatable bonds is 8. The molecule has 3 N–H and O–H groups in total. The summed E-state index contributed by atoms with van der Waals surface area (Å²) in [5.74, 6) is -0.424. The quantitative estimate of drug-likeness (QED) is 0.354. The minimum absolute atomic E-state index is 0.0449. The minimum atomic E-state index is -0.662. The molecule has 1 aromatic carbocycles. The summed E-state index contributed by atoms with van der Waals surface area (Å²) in [7, 11) is 0. The Balaban J connectivity index is 0.991. The van der Waals surface area contributed by atoms with Crippen molar-refractivity contribution >= 4 is 11.8 Å². The topological polar surface area (TPSA) is 115 Å². The summed E-state index contributed by atoms with van der Waals surface area (Å²) < 4.78 is 47.7. The second-order valence-corrected chi connectivity index (χ2v) is 19.4. The molecule has 7 aliphatic rings. The van der Waals surface area contributed by atoms with Gasteiger partial charge < -0.3 is 30.0 Å². The minimum Gasteiger partial charge on any atom is -0.390 e. The van der Waals surface area contributed by atoms with E-state index in [1.165, 1.54) is 31.9 Å². The molecule has 9 nitrogen and oxygen atoms in total. The van der Waals surface area contributed by atoms with Gasteiger partial charge in [0.25, 0.3) is 0 Å². The van der Waals surface area contributed by atoms with E-state index in [1.807, 2.05) is 4.90 Å². The molecular weight excluding hydrogens is 680 g/mol. The fraction of sp³-hybridized carbons (Fsp3) is 0.810. The zero-order valence-corrected chi connectivity index (χ0v) is 32.5. The van der Waals surface area contributed by atoms with E-state index in [0.29, 0.717) is 43.6 Å². The van der Waals surface area contributed by atoms with Crippen LogP contribution < -0.4 is 5.73 Å². The summed E-state index contributed by atoms with van der Waals surface area (Å²) in [6.45, 7) is 15.8. The molecule has 13 atom stereocenters. The number of nitrogens with two attached hydrogens (primary N) is 1. The molecule has 0 aromatic heterocycles. The van der Waals surface area contributed by atoms with E-state index < -0.39 is 17.7 Å². The van der Waals surface area contributed by atoms with Gasteiger partial charge in [0.05, 0.1) is 44.1 Å². The number of hydrogen-bond donors (Lipinski definition) is 2. The molecule has 294 valence electrons. The molecule has 5 saturated carbocycles. The number of primary amides is 1. The van der Waals surface area contributed by atoms with Crippen molar-refractivity contribution in [3.8, 4) is 0 Å². The number of aliphatic hydroxyl groups excluding tert-OH is 1. The number of carbonyl (C=O) groups excluding carboxylic acids is 2. The van der Waals surface area contributed by atoms with Gasteiger partial charge in [-0.05, 0) is 114 Å². The van der Waals surface area contributed by atoms with Gasteiger partial charge in [-0.25, -0.2) is 8.78 Å². The molecule has 11 heteroatoms. The lowest BCUT2D eigenvalue weighted by Crippen LogP contribution is -2.60. The second-order valence-electron chi connectivity index (χ2n) is 19.4. The molecule has 2 heterocycles. The summed E-state index contributed by atoms with van der Waals surface area (Å²) >= 11 is 0. The van der Waals surface area contributed by atoms with Crippen molar-refractivity contribution in [2.75, 3.05) is 32.8 Å². The highest BCUT2D eigenvalue weighted by atomic mass is 19.1. The van der Waals surface area contributed by atoms with Crippen molar-refractivity contribution in [3.63, 3.8) is 0 Å². The maximum atomic E-state index is 14.0. The van der Waals surface area contributed by atoms with Crippen LogP contribution in [0.15, 0.2) is 18.2 Å². The number of hydrogen-bond acceptors (Lipinski definition) is 7. The smallest absolute Gasteiger partial charge is 0.231 e. The average Bonchev–Trinajstić information content (AvgIpc) is 3.70. The van der Waals surface area contributed by atoms with Crippen molar-refractivity contribution in [3.05, 3.63) is 35.4 Å². The van der Waals surface area contributed by atoms with Crippen molar-refractivity contribution in [2.24, 2.45) is 56.5 Å². The predicted molar refractivity (Wildman–Crippen MR) is 194 cm³/mol. The van der Waals surface area contributed by atoms with Gasteiger partial charge >= 0.3 is 0 Å². The van der Waals surface area contributed by atoms with Crippen LogP contribution in [0.1, 0.15) is 98.5 Å². The van der Waals surface area contributed by atoms with Crippen LogP contribution in [-0.4, -0.2) is 90.2 Å². The fourth-order valence-corrected chi connectivity index (χ4v) is 14.5. The lowest BCUT2D eigenvalue weighted by Gasteiger charge is -2.64. The lowest BCUT2D eigenvalue weighted by atomic mass is 9.41. The summed E-state index contributed by atoms with van der Waals surface area (Å²) in [6.07, 6.45) is 7.01. The van der Waals surface area contributed by atoms with E-state index in [2.05, 4.69) is 34.6 Å². The molecule has 0 radical (unpaired) electrons. The zero-order valence-electron chi connectivity index (χ0n) is 32.5. The molecule has 2 saturated heterocycles. The van der Waals surface area contributed by atoms with Crippen LogP contribution in [0, 0.1) is 62.4 Å². The molecule has 2 amide bonds. The molecule has 0 bridgehead atoms. The highest BCUT2D eigenvalue weighted by Gasteiger charge is 2.84. The number of nitrogens with zero attached hydrogens (tertiary/aromatic N) is 2. The molecule has 53 heavy (non-hydrogen) atoms. The first-order valence-corrected chi connectivity index (χ1v) is 20.3. The van der Waals surface area contributed by atoms with Gasteiger partial charge in [-0.3, -0.25) is 14.5 Å². The first-order valence-electron chi connectivity index (χ1n) is 20.3. The first kappa shape index (κ1) is 37.7. The second kappa shape index (κ2) is 12.9. The average molecular weight is 742 g/mol. The molecule has 2 aliphatic heterocycles. The highest BCUT2D eigenvalue weighted by molar-refractivity contribution is 5.76. The Bertz CT molecular complexity index is 1610. The number of amides is 2. The Morgan fingerprint density at radius 3 is 2.43 bits per heavy atom. The van der Waals surface area contributed by atoms with Gasteiger partial charge in [-0.1, -0.05) is 34.6 Å². The highest BCUT2D eigenvalue weighted by Crippen LogP contribution is 2.89. The van der Waals surface area contributed by atoms with Crippen LogP contribution in [0.25, 0.3) is 0 Å². The molecular formula is C42H61F2N3O6. The largest absolute Gasteiger partial charge is 0.390 e. The number of aliphatic hydroxyl groups is 1. The standard InChI is InChI=1S/C42H61F2N3O6/c1-24-15-29(20-47(25(2)48)19-26-16-27(43)18-28(44)17-26)52-36-35(24)39(5)11-12-42-23-41(42)10-9-32(53-34-22-46(13-14-51-34)21-33(45)49)38(3,4)30(41)7-8-31(42)40(39,6)37(36)50/h16-18,24,29-32,34-37,50H,7-15,19-23H2,1-6H3,(H2,45,49). The van der Waals surface area contributed by atoms with Crippen LogP contribution in [0.5, 0.6) is 0 Å². The first-order chi connectivity index (χ1) is 24.9. The molecule has 2 spiro atoms. The van der Waals surface area contributed by atoms with Crippen LogP contribution in [-0.2, 0) is 30.3 Å². The maximum Gasteiger partial charge on any atom is 0.231 e. The van der Waals surface area contributed by atoms with E-state index in [-0.39, 0.29) is 88.4 Å². The van der Waals surface area contributed by atoms with Gasteiger partial charge in [-0.2, -0.15) is 0 Å². The van der Waals surface area contributed by atoms with E-state index in [4.69, 9.17) is 19.9 Å². The van der Waals surface area contributed by atoms with Crippen molar-refractivity contribution in [1.82, 2.24) is 9.80 Å².